The van der Waals surface area contributed by atoms with Crippen LogP contribution in [0, 0.1) is 12.3 Å². The minimum atomic E-state index is -3.34. The molecule has 1 aliphatic heterocycles. The number of terminal acetylenes is 1. The van der Waals surface area contributed by atoms with E-state index in [0.29, 0.717) is 35.5 Å². The predicted molar refractivity (Wildman–Crippen MR) is 108 cm³/mol. The zero-order chi connectivity index (χ0) is 20.3. The van der Waals surface area contributed by atoms with Crippen LogP contribution in [0.4, 0.5) is 11.4 Å². The molecule has 2 amide bonds. The van der Waals surface area contributed by atoms with Crippen LogP contribution in [0.15, 0.2) is 42.5 Å². The summed E-state index contributed by atoms with van der Waals surface area (Å²) >= 11 is 0. The summed E-state index contributed by atoms with van der Waals surface area (Å²) in [7, 11) is -3.34. The minimum absolute atomic E-state index is 0.203. The SMILES string of the molecule is C#Cc1cccc(NC(=O)CNC(=O)c2ccc3c(c2)CCN3S(C)(=O)=O)c1. The summed E-state index contributed by atoms with van der Waals surface area (Å²) in [6, 6.07) is 11.7. The zero-order valence-electron chi connectivity index (χ0n) is 15.2. The molecule has 0 atom stereocenters. The molecule has 7 nitrogen and oxygen atoms in total. The smallest absolute Gasteiger partial charge is 0.251 e. The molecule has 0 unspecified atom stereocenters. The minimum Gasteiger partial charge on any atom is -0.343 e. The Morgan fingerprint density at radius 3 is 2.71 bits per heavy atom. The van der Waals surface area contributed by atoms with Crippen molar-refractivity contribution in [1.29, 1.82) is 0 Å². The number of anilines is 2. The maximum absolute atomic E-state index is 12.3. The van der Waals surface area contributed by atoms with E-state index in [0.717, 1.165) is 11.8 Å². The van der Waals surface area contributed by atoms with Crippen molar-refractivity contribution in [3.63, 3.8) is 0 Å². The van der Waals surface area contributed by atoms with E-state index in [2.05, 4.69) is 16.6 Å². The van der Waals surface area contributed by atoms with Crippen LogP contribution in [0.25, 0.3) is 0 Å². The summed E-state index contributed by atoms with van der Waals surface area (Å²) in [5.74, 6) is 1.69. The van der Waals surface area contributed by atoms with Gasteiger partial charge >= 0.3 is 0 Å². The highest BCUT2D eigenvalue weighted by Gasteiger charge is 2.26. The zero-order valence-corrected chi connectivity index (χ0v) is 16.0. The van der Waals surface area contributed by atoms with E-state index in [-0.39, 0.29) is 12.5 Å². The fraction of sp³-hybridized carbons (Fsp3) is 0.200. The van der Waals surface area contributed by atoms with Crippen molar-refractivity contribution in [1.82, 2.24) is 5.32 Å². The number of fused-ring (bicyclic) bond motifs is 1. The van der Waals surface area contributed by atoms with Crippen molar-refractivity contribution < 1.29 is 18.0 Å². The van der Waals surface area contributed by atoms with E-state index in [9.17, 15) is 18.0 Å². The van der Waals surface area contributed by atoms with Gasteiger partial charge in [0.1, 0.15) is 0 Å². The van der Waals surface area contributed by atoms with E-state index >= 15 is 0 Å². The fourth-order valence-electron chi connectivity index (χ4n) is 3.01. The molecule has 0 fully saturated rings. The monoisotopic (exact) mass is 397 g/mol. The summed E-state index contributed by atoms with van der Waals surface area (Å²) in [6.45, 7) is 0.157. The summed E-state index contributed by atoms with van der Waals surface area (Å²) in [4.78, 5) is 24.4. The molecule has 0 bridgehead atoms. The molecule has 0 saturated carbocycles. The molecule has 28 heavy (non-hydrogen) atoms. The molecule has 2 aromatic carbocycles. The Morgan fingerprint density at radius 2 is 2.00 bits per heavy atom. The van der Waals surface area contributed by atoms with Gasteiger partial charge in [0, 0.05) is 23.4 Å². The number of hydrogen-bond donors (Lipinski definition) is 2. The van der Waals surface area contributed by atoms with Gasteiger partial charge in [0.05, 0.1) is 18.5 Å². The molecule has 2 N–H and O–H groups in total. The van der Waals surface area contributed by atoms with Crippen LogP contribution in [0.5, 0.6) is 0 Å². The molecule has 0 spiro atoms. The Hall–Kier alpha value is -3.31. The average molecular weight is 397 g/mol. The number of nitrogens with one attached hydrogen (secondary N) is 2. The van der Waals surface area contributed by atoms with Gasteiger partial charge in [0.15, 0.2) is 0 Å². The molecule has 0 aliphatic carbocycles. The maximum Gasteiger partial charge on any atom is 0.251 e. The van der Waals surface area contributed by atoms with Gasteiger partial charge in [-0.1, -0.05) is 12.0 Å². The lowest BCUT2D eigenvalue weighted by atomic mass is 10.1. The number of hydrogen-bond acceptors (Lipinski definition) is 4. The number of carbonyl (C=O) groups is 2. The summed E-state index contributed by atoms with van der Waals surface area (Å²) in [5, 5.41) is 5.22. The van der Waals surface area contributed by atoms with Crippen molar-refractivity contribution in [3.05, 3.63) is 59.2 Å². The second-order valence-electron chi connectivity index (χ2n) is 6.38. The van der Waals surface area contributed by atoms with Crippen molar-refractivity contribution in [2.45, 2.75) is 6.42 Å². The standard InChI is InChI=1S/C20H19N3O4S/c1-3-14-5-4-6-17(11-14)22-19(24)13-21-20(25)16-7-8-18-15(12-16)9-10-23(18)28(2,26)27/h1,4-8,11-12H,9-10,13H2,2H3,(H,21,25)(H,22,24). The molecule has 3 rings (SSSR count). The first-order valence-corrected chi connectivity index (χ1v) is 10.4. The highest BCUT2D eigenvalue weighted by molar-refractivity contribution is 7.92. The number of amides is 2. The van der Waals surface area contributed by atoms with Crippen LogP contribution in [-0.2, 0) is 21.2 Å². The molecular formula is C20H19N3O4S. The molecule has 2 aromatic rings. The average Bonchev–Trinajstić information content (AvgIpc) is 3.10. The first-order valence-electron chi connectivity index (χ1n) is 8.53. The second-order valence-corrected chi connectivity index (χ2v) is 8.29. The third-order valence-electron chi connectivity index (χ3n) is 4.32. The summed E-state index contributed by atoms with van der Waals surface area (Å²) < 4.78 is 24.9. The van der Waals surface area contributed by atoms with Crippen LogP contribution in [0.3, 0.4) is 0 Å². The van der Waals surface area contributed by atoms with Gasteiger partial charge in [-0.15, -0.1) is 6.42 Å². The van der Waals surface area contributed by atoms with Crippen LogP contribution in [0.1, 0.15) is 21.5 Å². The van der Waals surface area contributed by atoms with Gasteiger partial charge in [-0.05, 0) is 48.4 Å². The van der Waals surface area contributed by atoms with Gasteiger partial charge in [0.25, 0.3) is 5.91 Å². The van der Waals surface area contributed by atoms with Gasteiger partial charge in [-0.25, -0.2) is 8.42 Å². The number of sulfonamides is 1. The van der Waals surface area contributed by atoms with Crippen molar-refractivity contribution in [2.24, 2.45) is 0 Å². The summed E-state index contributed by atoms with van der Waals surface area (Å²) in [6.07, 6.45) is 7.02. The largest absolute Gasteiger partial charge is 0.343 e. The third kappa shape index (κ3) is 4.32. The quantitative estimate of drug-likeness (QED) is 0.745. The molecule has 0 radical (unpaired) electrons. The van der Waals surface area contributed by atoms with Gasteiger partial charge in [-0.2, -0.15) is 0 Å². The molecule has 1 aliphatic rings. The maximum atomic E-state index is 12.3. The van der Waals surface area contributed by atoms with E-state index in [1.807, 2.05) is 0 Å². The van der Waals surface area contributed by atoms with Crippen molar-refractivity contribution in [3.8, 4) is 12.3 Å². The van der Waals surface area contributed by atoms with Gasteiger partial charge < -0.3 is 10.6 Å². The van der Waals surface area contributed by atoms with E-state index < -0.39 is 15.9 Å². The molecule has 144 valence electrons. The molecule has 0 aromatic heterocycles. The van der Waals surface area contributed by atoms with Gasteiger partial charge in [0.2, 0.25) is 15.9 Å². The van der Waals surface area contributed by atoms with Crippen LogP contribution in [-0.4, -0.2) is 39.6 Å². The predicted octanol–water partition coefficient (Wildman–Crippen LogP) is 1.36. The Balaban J connectivity index is 1.61. The number of benzene rings is 2. The van der Waals surface area contributed by atoms with Gasteiger partial charge in [-0.3, -0.25) is 13.9 Å². The van der Waals surface area contributed by atoms with E-state index in [1.54, 1.807) is 42.5 Å². The lowest BCUT2D eigenvalue weighted by molar-refractivity contribution is -0.115. The molecule has 8 heteroatoms. The lowest BCUT2D eigenvalue weighted by Gasteiger charge is -2.16. The Labute approximate surface area is 163 Å². The highest BCUT2D eigenvalue weighted by atomic mass is 32.2. The first-order chi connectivity index (χ1) is 13.3. The second kappa shape index (κ2) is 7.74. The third-order valence-corrected chi connectivity index (χ3v) is 5.50. The van der Waals surface area contributed by atoms with Crippen molar-refractivity contribution in [2.75, 3.05) is 29.0 Å². The topological polar surface area (TPSA) is 95.6 Å². The molecule has 1 heterocycles. The van der Waals surface area contributed by atoms with Crippen LogP contribution < -0.4 is 14.9 Å². The molecular weight excluding hydrogens is 378 g/mol. The van der Waals surface area contributed by atoms with E-state index in [4.69, 9.17) is 6.42 Å². The fourth-order valence-corrected chi connectivity index (χ4v) is 3.97. The van der Waals surface area contributed by atoms with Crippen molar-refractivity contribution >= 4 is 33.2 Å². The van der Waals surface area contributed by atoms with Crippen LogP contribution in [0.2, 0.25) is 0 Å². The number of nitrogens with zero attached hydrogens (tertiary/aromatic N) is 1. The highest BCUT2D eigenvalue weighted by Crippen LogP contribution is 2.30. The molecule has 0 saturated heterocycles. The Bertz CT molecular complexity index is 1090. The Kier molecular flexibility index (Phi) is 5.38. The number of rotatable bonds is 5. The number of carbonyl (C=O) groups excluding carboxylic acids is 2. The summed E-state index contributed by atoms with van der Waals surface area (Å²) in [5.41, 5.74) is 2.94. The van der Waals surface area contributed by atoms with Crippen LogP contribution >= 0.6 is 0 Å². The first kappa shape index (κ1) is 19.5. The Morgan fingerprint density at radius 1 is 1.21 bits per heavy atom. The lowest BCUT2D eigenvalue weighted by Crippen LogP contribution is -2.33. The van der Waals surface area contributed by atoms with E-state index in [1.165, 1.54) is 4.31 Å². The normalized spacial score (nSPS) is 12.8.